The van der Waals surface area contributed by atoms with Gasteiger partial charge in [-0.15, -0.1) is 0 Å². The van der Waals surface area contributed by atoms with E-state index in [0.29, 0.717) is 11.1 Å². The zero-order valence-electron chi connectivity index (χ0n) is 25.4. The summed E-state index contributed by atoms with van der Waals surface area (Å²) in [5, 5.41) is 4.78. The van der Waals surface area contributed by atoms with Crippen LogP contribution in [0.25, 0.3) is 28.1 Å². The Morgan fingerprint density at radius 3 is 1.82 bits per heavy atom. The molecule has 0 radical (unpaired) electrons. The fourth-order valence-corrected chi connectivity index (χ4v) is 3.97. The van der Waals surface area contributed by atoms with Gasteiger partial charge >= 0.3 is 0 Å². The minimum Gasteiger partial charge on any atom is -0.240 e. The van der Waals surface area contributed by atoms with Crippen LogP contribution in [-0.2, 0) is 12.7 Å². The van der Waals surface area contributed by atoms with Gasteiger partial charge in [0.1, 0.15) is 0 Å². The normalized spacial score (nSPS) is 14.8. The molecule has 0 spiro atoms. The summed E-state index contributed by atoms with van der Waals surface area (Å²) in [5.74, 6) is 0. The van der Waals surface area contributed by atoms with Crippen molar-refractivity contribution in [2.75, 3.05) is 0 Å². The van der Waals surface area contributed by atoms with E-state index in [9.17, 15) is 0 Å². The van der Waals surface area contributed by atoms with Crippen LogP contribution >= 0.6 is 0 Å². The number of hydrogen-bond acceptors (Lipinski definition) is 1. The summed E-state index contributed by atoms with van der Waals surface area (Å²) >= 11 is 0. The van der Waals surface area contributed by atoms with Crippen molar-refractivity contribution in [1.29, 1.82) is 0 Å². The minimum atomic E-state index is -1.44. The maximum absolute atomic E-state index is 8.62. The van der Waals surface area contributed by atoms with Gasteiger partial charge in [0.2, 0.25) is 0 Å². The molecule has 0 bridgehead atoms. The van der Waals surface area contributed by atoms with Crippen molar-refractivity contribution >= 4 is 0 Å². The average Bonchev–Trinajstić information content (AvgIpc) is 3.33. The molecule has 4 aromatic rings. The van der Waals surface area contributed by atoms with Crippen molar-refractivity contribution < 1.29 is 5.48 Å². The van der Waals surface area contributed by atoms with E-state index in [1.54, 1.807) is 0 Å². The lowest BCUT2D eigenvalue weighted by molar-refractivity contribution is 0.410. The smallest absolute Gasteiger partial charge is 0.0927 e. The molecule has 176 valence electrons. The van der Waals surface area contributed by atoms with Gasteiger partial charge in [-0.25, -0.2) is 4.68 Å². The van der Waals surface area contributed by atoms with Crippen LogP contribution in [0.3, 0.4) is 0 Å². The van der Waals surface area contributed by atoms with Gasteiger partial charge in [0.15, 0.2) is 0 Å². The van der Waals surface area contributed by atoms with Crippen LogP contribution < -0.4 is 0 Å². The quantitative estimate of drug-likeness (QED) is 0.295. The fraction of sp³-hybridized carbons (Fsp3) is 0.344. The molecular weight excluding hydrogens is 412 g/mol. The summed E-state index contributed by atoms with van der Waals surface area (Å²) in [6.45, 7) is 13.5. The highest BCUT2D eigenvalue weighted by Gasteiger charge is 2.14. The molecule has 0 fully saturated rings. The summed E-state index contributed by atoms with van der Waals surface area (Å²) in [6.07, 6.45) is -0.912. The number of aryl methyl sites for hydroxylation is 1. The van der Waals surface area contributed by atoms with E-state index in [0.717, 1.165) is 33.6 Å². The van der Waals surface area contributed by atoms with Crippen LogP contribution in [0.2, 0.25) is 0 Å². The van der Waals surface area contributed by atoms with E-state index in [1.807, 2.05) is 120 Å². The highest BCUT2D eigenvalue weighted by atomic mass is 15.3. The van der Waals surface area contributed by atoms with Gasteiger partial charge in [0.05, 0.1) is 11.4 Å². The Hall–Kier alpha value is -3.13. The van der Waals surface area contributed by atoms with Crippen LogP contribution in [0.1, 0.15) is 63.7 Å². The number of benzene rings is 3. The second kappa shape index (κ2) is 9.25. The lowest BCUT2D eigenvalue weighted by atomic mass is 9.86. The van der Waals surface area contributed by atoms with Crippen molar-refractivity contribution in [3.8, 4) is 28.1 Å². The molecule has 0 N–H and O–H groups in total. The highest BCUT2D eigenvalue weighted by Crippen LogP contribution is 2.28. The maximum atomic E-state index is 8.62. The molecule has 3 aromatic carbocycles. The maximum Gasteiger partial charge on any atom is 0.0927 e. The second-order valence-electron chi connectivity index (χ2n) is 11.0. The van der Waals surface area contributed by atoms with Crippen molar-refractivity contribution in [2.45, 2.75) is 61.2 Å². The van der Waals surface area contributed by atoms with Gasteiger partial charge in [-0.1, -0.05) is 90.1 Å². The largest absolute Gasteiger partial charge is 0.240 e. The third-order valence-electron chi connectivity index (χ3n) is 5.49. The third-order valence-corrected chi connectivity index (χ3v) is 5.49. The number of nitrogens with zero attached hydrogens (tertiary/aromatic N) is 2. The lowest BCUT2D eigenvalue weighted by Gasteiger charge is -2.19. The monoisotopic (exact) mass is 454 g/mol. The van der Waals surface area contributed by atoms with Gasteiger partial charge in [0.25, 0.3) is 0 Å². The Kier molecular flexibility index (Phi) is 5.23. The molecule has 0 saturated heterocycles. The van der Waals surface area contributed by atoms with Crippen LogP contribution in [0.4, 0.5) is 0 Å². The second-order valence-corrected chi connectivity index (χ2v) is 11.0. The molecule has 0 aliphatic carbocycles. The Morgan fingerprint density at radius 2 is 1.26 bits per heavy atom. The molecule has 0 unspecified atom stereocenters. The molecule has 0 amide bonds. The van der Waals surface area contributed by atoms with E-state index in [1.165, 1.54) is 0 Å². The standard InChI is InChI=1S/C32H38N2/c1-23-20-27(12-13-28(23)22-32(5,6)7)30-18-19-34(33-30)29-16-14-26(15-17-29)25-10-8-24(9-11-25)21-31(2,3)4/h8-20H,21-22H2,1-7H3/i21D2,22D2. The first kappa shape index (κ1) is 19.2. The molecule has 0 saturated carbocycles. The van der Waals surface area contributed by atoms with E-state index in [2.05, 4.69) is 12.1 Å². The predicted octanol–water partition coefficient (Wildman–Crippen LogP) is 8.69. The summed E-state index contributed by atoms with van der Waals surface area (Å²) < 4.78 is 36.1. The first-order valence-electron chi connectivity index (χ1n) is 13.9. The Labute approximate surface area is 211 Å². The summed E-state index contributed by atoms with van der Waals surface area (Å²) in [6, 6.07) is 23.7. The van der Waals surface area contributed by atoms with Gasteiger partial charge in [-0.2, -0.15) is 5.10 Å². The number of aromatic nitrogens is 2. The third kappa shape index (κ3) is 6.05. The zero-order valence-corrected chi connectivity index (χ0v) is 21.4. The van der Waals surface area contributed by atoms with Crippen molar-refractivity contribution in [3.63, 3.8) is 0 Å². The SMILES string of the molecule is [2H]C([2H])(c1ccc(-c2ccc(-n3ccc(-c4ccc(C([2H])([2H])C(C)(C)C)c(C)c4)n3)cc2)cc1)C(C)(C)C. The summed E-state index contributed by atoms with van der Waals surface area (Å²) in [4.78, 5) is 0. The van der Waals surface area contributed by atoms with Gasteiger partial charge in [0, 0.05) is 17.2 Å². The van der Waals surface area contributed by atoms with E-state index in [-0.39, 0.29) is 0 Å². The van der Waals surface area contributed by atoms with Crippen molar-refractivity contribution in [3.05, 3.63) is 95.7 Å². The van der Waals surface area contributed by atoms with Gasteiger partial charge < -0.3 is 0 Å². The highest BCUT2D eigenvalue weighted by molar-refractivity contribution is 5.65. The molecule has 2 heteroatoms. The van der Waals surface area contributed by atoms with Crippen molar-refractivity contribution in [1.82, 2.24) is 9.78 Å². The predicted molar refractivity (Wildman–Crippen MR) is 145 cm³/mol. The lowest BCUT2D eigenvalue weighted by Crippen LogP contribution is -2.10. The Balaban J connectivity index is 1.54. The zero-order chi connectivity index (χ0) is 28.1. The molecule has 2 nitrogen and oxygen atoms in total. The summed E-state index contributed by atoms with van der Waals surface area (Å²) in [5.41, 5.74) is 6.17. The van der Waals surface area contributed by atoms with Crippen molar-refractivity contribution in [2.24, 2.45) is 10.8 Å². The van der Waals surface area contributed by atoms with Gasteiger partial charge in [-0.05, 0) is 82.6 Å². The minimum absolute atomic E-state index is 0.486. The van der Waals surface area contributed by atoms with Crippen LogP contribution in [0.5, 0.6) is 0 Å². The van der Waals surface area contributed by atoms with E-state index < -0.39 is 23.6 Å². The molecule has 0 aliphatic heterocycles. The first-order chi connectivity index (χ1) is 17.5. The molecule has 1 aromatic heterocycles. The first-order valence-corrected chi connectivity index (χ1v) is 11.9. The Bertz CT molecular complexity index is 1420. The molecular formula is C32H38N2. The number of hydrogen-bond donors (Lipinski definition) is 0. The number of rotatable bonds is 5. The van der Waals surface area contributed by atoms with E-state index >= 15 is 0 Å². The van der Waals surface area contributed by atoms with E-state index in [4.69, 9.17) is 10.6 Å². The summed E-state index contributed by atoms with van der Waals surface area (Å²) in [7, 11) is 0. The molecule has 4 rings (SSSR count). The Morgan fingerprint density at radius 1 is 0.706 bits per heavy atom. The topological polar surface area (TPSA) is 17.8 Å². The molecule has 34 heavy (non-hydrogen) atoms. The van der Waals surface area contributed by atoms with Crippen LogP contribution in [0, 0.1) is 17.8 Å². The van der Waals surface area contributed by atoms with Gasteiger partial charge in [-0.3, -0.25) is 0 Å². The average molecular weight is 455 g/mol. The van der Waals surface area contributed by atoms with Crippen LogP contribution in [-0.4, -0.2) is 9.78 Å². The molecule has 0 aliphatic rings. The molecule has 1 heterocycles. The molecule has 0 atom stereocenters. The van der Waals surface area contributed by atoms with Crippen LogP contribution in [0.15, 0.2) is 79.0 Å². The fourth-order valence-electron chi connectivity index (χ4n) is 3.97.